The summed E-state index contributed by atoms with van der Waals surface area (Å²) in [6, 6.07) is 0. The largest absolute Gasteiger partial charge is 0.460 e. The van der Waals surface area contributed by atoms with E-state index in [2.05, 4.69) is 0 Å². The molecule has 0 aromatic rings. The van der Waals surface area contributed by atoms with Crippen molar-refractivity contribution in [1.82, 2.24) is 0 Å². The Hall–Kier alpha value is -1.47. The SMILES string of the molecule is CCCCCCCCCCCCCC(F)(F)C(F)(F)C(F)(F)C(F)(F)C(F)(F)C(F)(F)C(F)(F)C(F)(F)C(F)(F)C(F)(F)F. The molecule has 0 fully saturated rings. The second kappa shape index (κ2) is 13.7. The summed E-state index contributed by atoms with van der Waals surface area (Å²) in [5, 5.41) is 0. The molecule has 0 spiro atoms. The second-order valence-corrected chi connectivity index (χ2v) is 10.1. The van der Waals surface area contributed by atoms with E-state index in [1.54, 1.807) is 0 Å². The fraction of sp³-hybridized carbons (Fsp3) is 1.00. The zero-order chi connectivity index (χ0) is 35.5. The fourth-order valence-corrected chi connectivity index (χ4v) is 3.76. The Morgan fingerprint density at radius 1 is 0.273 bits per heavy atom. The van der Waals surface area contributed by atoms with Gasteiger partial charge in [0.2, 0.25) is 0 Å². The molecule has 0 bridgehead atoms. The van der Waals surface area contributed by atoms with Gasteiger partial charge in [-0.05, 0) is 6.42 Å². The van der Waals surface area contributed by atoms with Crippen LogP contribution in [-0.4, -0.2) is 59.5 Å². The van der Waals surface area contributed by atoms with Crippen LogP contribution in [0.3, 0.4) is 0 Å². The quantitative estimate of drug-likeness (QED) is 0.0875. The van der Waals surface area contributed by atoms with Crippen LogP contribution in [0, 0.1) is 0 Å². The Balaban J connectivity index is 5.96. The minimum absolute atomic E-state index is 0.0146. The first-order valence-corrected chi connectivity index (χ1v) is 12.8. The van der Waals surface area contributed by atoms with Crippen molar-refractivity contribution in [3.63, 3.8) is 0 Å². The van der Waals surface area contributed by atoms with E-state index in [-0.39, 0.29) is 12.8 Å². The molecule has 266 valence electrons. The monoisotopic (exact) mass is 702 g/mol. The highest BCUT2D eigenvalue weighted by molar-refractivity contribution is 5.17. The van der Waals surface area contributed by atoms with Gasteiger partial charge < -0.3 is 0 Å². The molecular formula is C23H27F21. The van der Waals surface area contributed by atoms with Crippen LogP contribution < -0.4 is 0 Å². The van der Waals surface area contributed by atoms with Crippen LogP contribution in [0.5, 0.6) is 0 Å². The van der Waals surface area contributed by atoms with Crippen molar-refractivity contribution in [2.75, 3.05) is 0 Å². The van der Waals surface area contributed by atoms with E-state index in [1.807, 2.05) is 6.92 Å². The Bertz CT molecular complexity index is 887. The van der Waals surface area contributed by atoms with Gasteiger partial charge in [0.1, 0.15) is 0 Å². The number of hydrogen-bond acceptors (Lipinski definition) is 0. The summed E-state index contributed by atoms with van der Waals surface area (Å²) in [4.78, 5) is 0. The summed E-state index contributed by atoms with van der Waals surface area (Å²) in [7, 11) is 0. The molecule has 0 heterocycles. The minimum Gasteiger partial charge on any atom is -0.200 e. The lowest BCUT2D eigenvalue weighted by Gasteiger charge is -2.44. The topological polar surface area (TPSA) is 0 Å². The molecule has 44 heavy (non-hydrogen) atoms. The van der Waals surface area contributed by atoms with Crippen LogP contribution in [-0.2, 0) is 0 Å². The van der Waals surface area contributed by atoms with Crippen LogP contribution in [0.4, 0.5) is 92.2 Å². The zero-order valence-corrected chi connectivity index (χ0v) is 22.4. The van der Waals surface area contributed by atoms with Gasteiger partial charge in [0, 0.05) is 6.42 Å². The van der Waals surface area contributed by atoms with E-state index in [4.69, 9.17) is 0 Å². The van der Waals surface area contributed by atoms with E-state index < -0.39 is 78.7 Å². The first-order valence-electron chi connectivity index (χ1n) is 12.8. The van der Waals surface area contributed by atoms with E-state index in [0.29, 0.717) is 12.8 Å². The zero-order valence-electron chi connectivity index (χ0n) is 22.4. The number of hydrogen-bond donors (Lipinski definition) is 0. The van der Waals surface area contributed by atoms with Crippen molar-refractivity contribution in [1.29, 1.82) is 0 Å². The number of unbranched alkanes of at least 4 members (excludes halogenated alkanes) is 10. The van der Waals surface area contributed by atoms with Gasteiger partial charge in [0.15, 0.2) is 0 Å². The van der Waals surface area contributed by atoms with Gasteiger partial charge in [0.05, 0.1) is 0 Å². The first-order chi connectivity index (χ1) is 19.3. The van der Waals surface area contributed by atoms with Crippen molar-refractivity contribution in [2.24, 2.45) is 0 Å². The predicted octanol–water partition coefficient (Wildman–Crippen LogP) is 12.0. The van der Waals surface area contributed by atoms with Crippen molar-refractivity contribution >= 4 is 0 Å². The third-order valence-corrected chi connectivity index (χ3v) is 6.67. The van der Waals surface area contributed by atoms with Crippen LogP contribution in [0.25, 0.3) is 0 Å². The molecule has 0 aromatic carbocycles. The molecule has 0 nitrogen and oxygen atoms in total. The first kappa shape index (κ1) is 42.5. The van der Waals surface area contributed by atoms with Gasteiger partial charge >= 0.3 is 59.5 Å². The molecule has 0 radical (unpaired) electrons. The Kier molecular flexibility index (Phi) is 13.3. The lowest BCUT2D eigenvalue weighted by atomic mass is 9.85. The molecular weight excluding hydrogens is 675 g/mol. The molecule has 0 aliphatic heterocycles. The fourth-order valence-electron chi connectivity index (χ4n) is 3.76. The molecule has 0 atom stereocenters. The Morgan fingerprint density at radius 2 is 0.500 bits per heavy atom. The molecule has 0 rings (SSSR count). The van der Waals surface area contributed by atoms with E-state index in [1.165, 1.54) is 0 Å². The molecule has 0 aliphatic carbocycles. The van der Waals surface area contributed by atoms with Crippen LogP contribution in [0.1, 0.15) is 84.0 Å². The highest BCUT2D eigenvalue weighted by Gasteiger charge is 2.97. The van der Waals surface area contributed by atoms with Crippen molar-refractivity contribution in [2.45, 2.75) is 143 Å². The number of halogens is 21. The summed E-state index contributed by atoms with van der Waals surface area (Å²) < 4.78 is 281. The summed E-state index contributed by atoms with van der Waals surface area (Å²) in [5.41, 5.74) is 0. The maximum atomic E-state index is 13.9. The van der Waals surface area contributed by atoms with Gasteiger partial charge in [-0.2, -0.15) is 92.2 Å². The molecule has 0 unspecified atom stereocenters. The molecule has 0 saturated heterocycles. The average Bonchev–Trinajstić information content (AvgIpc) is 2.85. The van der Waals surface area contributed by atoms with Crippen LogP contribution >= 0.6 is 0 Å². The van der Waals surface area contributed by atoms with Crippen molar-refractivity contribution in [3.05, 3.63) is 0 Å². The second-order valence-electron chi connectivity index (χ2n) is 10.1. The van der Waals surface area contributed by atoms with Crippen molar-refractivity contribution < 1.29 is 92.2 Å². The van der Waals surface area contributed by atoms with Gasteiger partial charge in [-0.3, -0.25) is 0 Å². The molecule has 21 heteroatoms. The lowest BCUT2D eigenvalue weighted by Crippen LogP contribution is -2.76. The maximum absolute atomic E-state index is 13.9. The van der Waals surface area contributed by atoms with E-state index in [9.17, 15) is 92.2 Å². The van der Waals surface area contributed by atoms with Crippen LogP contribution in [0.2, 0.25) is 0 Å². The Labute approximate surface area is 236 Å². The predicted molar refractivity (Wildman–Crippen MR) is 112 cm³/mol. The van der Waals surface area contributed by atoms with Gasteiger partial charge in [-0.25, -0.2) is 0 Å². The third-order valence-electron chi connectivity index (χ3n) is 6.67. The summed E-state index contributed by atoms with van der Waals surface area (Å²) in [6.07, 6.45) is -6.16. The number of rotatable bonds is 20. The standard InChI is InChI=1S/C23H27F21/c1-2-3-4-5-6-7-8-9-10-11-12-13-14(24,25)15(26,27)16(28,29)17(30,31)18(32,33)19(34,35)20(36,37)21(38,39)22(40,41)23(42,43)44/h2-13H2,1H3. The normalized spacial score (nSPS) is 15.7. The average molecular weight is 702 g/mol. The molecule has 0 N–H and O–H groups in total. The molecule has 0 amide bonds. The van der Waals surface area contributed by atoms with E-state index >= 15 is 0 Å². The van der Waals surface area contributed by atoms with Crippen molar-refractivity contribution in [3.8, 4) is 0 Å². The summed E-state index contributed by atoms with van der Waals surface area (Å²) in [6.45, 7) is 1.96. The van der Waals surface area contributed by atoms with Gasteiger partial charge in [-0.15, -0.1) is 0 Å². The highest BCUT2D eigenvalue weighted by Crippen LogP contribution is 2.66. The lowest BCUT2D eigenvalue weighted by molar-refractivity contribution is -0.474. The maximum Gasteiger partial charge on any atom is 0.460 e. The van der Waals surface area contributed by atoms with Crippen LogP contribution in [0.15, 0.2) is 0 Å². The highest BCUT2D eigenvalue weighted by atomic mass is 19.4. The molecule has 0 aliphatic rings. The number of alkyl halides is 21. The summed E-state index contributed by atoms with van der Waals surface area (Å²) in [5.74, 6) is -76.3. The smallest absolute Gasteiger partial charge is 0.200 e. The third kappa shape index (κ3) is 7.24. The summed E-state index contributed by atoms with van der Waals surface area (Å²) >= 11 is 0. The van der Waals surface area contributed by atoms with Gasteiger partial charge in [-0.1, -0.05) is 71.1 Å². The molecule has 0 saturated carbocycles. The van der Waals surface area contributed by atoms with Gasteiger partial charge in [0.25, 0.3) is 0 Å². The van der Waals surface area contributed by atoms with E-state index in [0.717, 1.165) is 32.1 Å². The molecule has 0 aromatic heterocycles. The Morgan fingerprint density at radius 3 is 0.773 bits per heavy atom. The minimum atomic E-state index is -9.13.